The number of ether oxygens (including phenoxy) is 2. The molecule has 2 aromatic carbocycles. The molecule has 0 fully saturated rings. The summed E-state index contributed by atoms with van der Waals surface area (Å²) in [6.07, 6.45) is -0.248. The van der Waals surface area contributed by atoms with Crippen molar-refractivity contribution < 1.29 is 18.3 Å². The van der Waals surface area contributed by atoms with E-state index in [0.717, 1.165) is 4.68 Å². The zero-order valence-corrected chi connectivity index (χ0v) is 11.5. The van der Waals surface area contributed by atoms with Crippen molar-refractivity contribution in [1.29, 1.82) is 0 Å². The van der Waals surface area contributed by atoms with Crippen LogP contribution in [0.4, 0.5) is 4.39 Å². The van der Waals surface area contributed by atoms with Crippen LogP contribution in [0.3, 0.4) is 0 Å². The Morgan fingerprint density at radius 1 is 1.14 bits per heavy atom. The minimum Gasteiger partial charge on any atom is -0.494 e. The van der Waals surface area contributed by atoms with Gasteiger partial charge in [-0.2, -0.15) is 4.68 Å². The number of aromatic nitrogens is 2. The predicted molar refractivity (Wildman–Crippen MR) is 75.1 cm³/mol. The van der Waals surface area contributed by atoms with Gasteiger partial charge in [0.1, 0.15) is 23.0 Å². The first-order valence-electron chi connectivity index (χ1n) is 6.34. The number of rotatable bonds is 4. The van der Waals surface area contributed by atoms with Gasteiger partial charge in [-0.1, -0.05) is 17.2 Å². The van der Waals surface area contributed by atoms with Crippen LogP contribution in [0.5, 0.6) is 17.6 Å². The van der Waals surface area contributed by atoms with Crippen LogP contribution < -0.4 is 15.2 Å². The van der Waals surface area contributed by atoms with E-state index < -0.39 is 11.6 Å². The predicted octanol–water partition coefficient (Wildman–Crippen LogP) is 2.77. The molecule has 0 atom stereocenters. The van der Waals surface area contributed by atoms with Gasteiger partial charge in [0, 0.05) is 0 Å². The summed E-state index contributed by atoms with van der Waals surface area (Å²) in [4.78, 5) is 11.9. The average molecular weight is 302 g/mol. The zero-order valence-electron chi connectivity index (χ0n) is 11.5. The highest BCUT2D eigenvalue weighted by Gasteiger charge is 2.15. The van der Waals surface area contributed by atoms with E-state index in [0.29, 0.717) is 17.2 Å². The van der Waals surface area contributed by atoms with E-state index in [4.69, 9.17) is 13.9 Å². The number of benzene rings is 2. The quantitative estimate of drug-likeness (QED) is 0.741. The molecule has 0 N–H and O–H groups in total. The van der Waals surface area contributed by atoms with Gasteiger partial charge < -0.3 is 13.9 Å². The molecule has 3 aromatic rings. The molecule has 1 heterocycles. The van der Waals surface area contributed by atoms with E-state index in [9.17, 15) is 9.18 Å². The molecule has 0 aliphatic heterocycles. The van der Waals surface area contributed by atoms with E-state index in [-0.39, 0.29) is 6.08 Å². The second-order valence-electron chi connectivity index (χ2n) is 4.27. The van der Waals surface area contributed by atoms with Crippen LogP contribution in [-0.2, 0) is 0 Å². The van der Waals surface area contributed by atoms with Crippen molar-refractivity contribution in [3.8, 4) is 23.3 Å². The molecule has 0 radical (unpaired) electrons. The van der Waals surface area contributed by atoms with Crippen molar-refractivity contribution in [2.24, 2.45) is 0 Å². The standard InChI is InChI=1S/C15H11FN2O4/c1-20-13-5-3-2-4-12(13)18-15(19)22-14(17-18)21-11-8-6-10(16)7-9-11/h2-9H,1H3. The summed E-state index contributed by atoms with van der Waals surface area (Å²) in [6.45, 7) is 0. The SMILES string of the molecule is COc1ccccc1-n1nc(Oc2ccc(F)cc2)oc1=O. The van der Waals surface area contributed by atoms with Gasteiger partial charge in [-0.3, -0.25) is 0 Å². The Labute approximate surface area is 124 Å². The lowest BCUT2D eigenvalue weighted by Gasteiger charge is -2.05. The summed E-state index contributed by atoms with van der Waals surface area (Å²) in [5.74, 6) is -0.351. The molecule has 22 heavy (non-hydrogen) atoms. The fourth-order valence-corrected chi connectivity index (χ4v) is 1.86. The molecule has 0 saturated heterocycles. The fraction of sp³-hybridized carbons (Fsp3) is 0.0667. The van der Waals surface area contributed by atoms with Gasteiger partial charge in [0.15, 0.2) is 0 Å². The lowest BCUT2D eigenvalue weighted by molar-refractivity contribution is 0.319. The first kappa shape index (κ1) is 13.9. The summed E-state index contributed by atoms with van der Waals surface area (Å²) in [5.41, 5.74) is 0.424. The molecule has 6 nitrogen and oxygen atoms in total. The Kier molecular flexibility index (Phi) is 3.61. The topological polar surface area (TPSA) is 66.5 Å². The highest BCUT2D eigenvalue weighted by Crippen LogP contribution is 2.23. The van der Waals surface area contributed by atoms with Crippen LogP contribution in [0.1, 0.15) is 0 Å². The first-order valence-corrected chi connectivity index (χ1v) is 6.34. The Morgan fingerprint density at radius 3 is 2.59 bits per heavy atom. The molecule has 112 valence electrons. The maximum Gasteiger partial charge on any atom is 0.444 e. The third kappa shape index (κ3) is 2.69. The number of methoxy groups -OCH3 is 1. The van der Waals surface area contributed by atoms with Crippen molar-refractivity contribution >= 4 is 0 Å². The third-order valence-electron chi connectivity index (χ3n) is 2.86. The summed E-state index contributed by atoms with van der Waals surface area (Å²) in [5, 5.41) is 3.95. The van der Waals surface area contributed by atoms with E-state index in [1.54, 1.807) is 24.3 Å². The maximum atomic E-state index is 12.8. The molecule has 0 aliphatic carbocycles. The van der Waals surface area contributed by atoms with E-state index in [1.807, 2.05) is 0 Å². The van der Waals surface area contributed by atoms with Gasteiger partial charge in [-0.25, -0.2) is 9.18 Å². The van der Waals surface area contributed by atoms with Crippen molar-refractivity contribution in [3.05, 3.63) is 64.9 Å². The molecule has 1 aromatic heterocycles. The Hall–Kier alpha value is -3.09. The van der Waals surface area contributed by atoms with Crippen LogP contribution in [0.25, 0.3) is 5.69 Å². The normalized spacial score (nSPS) is 10.5. The molecule has 0 aliphatic rings. The van der Waals surface area contributed by atoms with Crippen LogP contribution in [0, 0.1) is 5.82 Å². The van der Waals surface area contributed by atoms with Crippen LogP contribution in [0.15, 0.2) is 57.7 Å². The summed E-state index contributed by atoms with van der Waals surface area (Å²) in [6, 6.07) is 12.1. The molecule has 7 heteroatoms. The molecule has 0 amide bonds. The number of hydrogen-bond donors (Lipinski definition) is 0. The number of hydrogen-bond acceptors (Lipinski definition) is 5. The largest absolute Gasteiger partial charge is 0.494 e. The molecule has 0 unspecified atom stereocenters. The van der Waals surface area contributed by atoms with Crippen LogP contribution in [0.2, 0.25) is 0 Å². The summed E-state index contributed by atoms with van der Waals surface area (Å²) < 4.78 is 29.2. The van der Waals surface area contributed by atoms with Gasteiger partial charge >= 0.3 is 11.8 Å². The third-order valence-corrected chi connectivity index (χ3v) is 2.86. The van der Waals surface area contributed by atoms with Crippen molar-refractivity contribution in [2.45, 2.75) is 0 Å². The van der Waals surface area contributed by atoms with Gasteiger partial charge in [0.05, 0.1) is 7.11 Å². The van der Waals surface area contributed by atoms with Crippen molar-refractivity contribution in [3.63, 3.8) is 0 Å². The molecule has 3 rings (SSSR count). The summed E-state index contributed by atoms with van der Waals surface area (Å²) in [7, 11) is 1.49. The minimum atomic E-state index is -0.721. The van der Waals surface area contributed by atoms with Gasteiger partial charge in [0.2, 0.25) is 0 Å². The fourth-order valence-electron chi connectivity index (χ4n) is 1.86. The van der Waals surface area contributed by atoms with E-state index >= 15 is 0 Å². The molecular formula is C15H11FN2O4. The Balaban J connectivity index is 1.94. The van der Waals surface area contributed by atoms with Crippen LogP contribution in [-0.4, -0.2) is 16.9 Å². The maximum absolute atomic E-state index is 12.8. The molecule has 0 spiro atoms. The Morgan fingerprint density at radius 2 is 1.86 bits per heavy atom. The number of halogens is 1. The molecule has 0 saturated carbocycles. The van der Waals surface area contributed by atoms with E-state index in [2.05, 4.69) is 5.10 Å². The smallest absolute Gasteiger partial charge is 0.444 e. The van der Waals surface area contributed by atoms with Crippen LogP contribution >= 0.6 is 0 Å². The molecule has 0 bridgehead atoms. The first-order chi connectivity index (χ1) is 10.7. The second kappa shape index (κ2) is 5.72. The Bertz CT molecular complexity index is 839. The van der Waals surface area contributed by atoms with Gasteiger partial charge in [-0.05, 0) is 36.4 Å². The average Bonchev–Trinajstić information content (AvgIpc) is 2.90. The monoisotopic (exact) mass is 302 g/mol. The van der Waals surface area contributed by atoms with Gasteiger partial charge in [0.25, 0.3) is 0 Å². The highest BCUT2D eigenvalue weighted by atomic mass is 19.1. The zero-order chi connectivity index (χ0) is 15.5. The second-order valence-corrected chi connectivity index (χ2v) is 4.27. The lowest BCUT2D eigenvalue weighted by atomic mass is 10.3. The van der Waals surface area contributed by atoms with Crippen molar-refractivity contribution in [1.82, 2.24) is 9.78 Å². The van der Waals surface area contributed by atoms with E-state index in [1.165, 1.54) is 31.4 Å². The number of para-hydroxylation sites is 2. The lowest BCUT2D eigenvalue weighted by Crippen LogP contribution is -2.14. The molecular weight excluding hydrogens is 291 g/mol. The highest BCUT2D eigenvalue weighted by molar-refractivity contribution is 5.45. The van der Waals surface area contributed by atoms with Crippen molar-refractivity contribution in [2.75, 3.05) is 7.11 Å². The van der Waals surface area contributed by atoms with Gasteiger partial charge in [-0.15, -0.1) is 0 Å². The minimum absolute atomic E-state index is 0.248. The number of nitrogens with zero attached hydrogens (tertiary/aromatic N) is 2. The summed E-state index contributed by atoms with van der Waals surface area (Å²) >= 11 is 0.